The van der Waals surface area contributed by atoms with Gasteiger partial charge in [-0.2, -0.15) is 4.89 Å². The number of aliphatic hydroxyl groups is 1. The average molecular weight is 403 g/mol. The molecule has 1 aromatic carbocycles. The summed E-state index contributed by atoms with van der Waals surface area (Å²) in [6, 6.07) is 8.40. The van der Waals surface area contributed by atoms with Crippen molar-refractivity contribution in [3.63, 3.8) is 0 Å². The van der Waals surface area contributed by atoms with Gasteiger partial charge in [-0.1, -0.05) is 94.5 Å². The van der Waals surface area contributed by atoms with E-state index in [0.717, 1.165) is 11.8 Å². The van der Waals surface area contributed by atoms with Crippen LogP contribution in [-0.4, -0.2) is 10.00 Å². The third-order valence-electron chi connectivity index (χ3n) is 5.27. The summed E-state index contributed by atoms with van der Waals surface area (Å²) in [5.41, 5.74) is 0.469. The van der Waals surface area contributed by atoms with Crippen molar-refractivity contribution in [3.05, 3.63) is 35.9 Å². The molecule has 2 fully saturated rings. The Morgan fingerprint density at radius 2 is 1.25 bits per heavy atom. The summed E-state index contributed by atoms with van der Waals surface area (Å²) in [5, 5.41) is 9.06. The summed E-state index contributed by atoms with van der Waals surface area (Å²) in [6.45, 7) is 0. The molecule has 2 unspecified atom stereocenters. The van der Waals surface area contributed by atoms with Crippen molar-refractivity contribution in [1.29, 1.82) is 0 Å². The molecule has 0 heterocycles. The predicted molar refractivity (Wildman–Crippen MR) is 94.4 cm³/mol. The van der Waals surface area contributed by atoms with Gasteiger partial charge >= 0.3 is 13.9 Å². The van der Waals surface area contributed by atoms with Crippen LogP contribution in [0.5, 0.6) is 0 Å². The van der Waals surface area contributed by atoms with E-state index in [4.69, 9.17) is 10.00 Å². The third kappa shape index (κ3) is 7.40. The van der Waals surface area contributed by atoms with Crippen LogP contribution in [0, 0.1) is 11.8 Å². The van der Waals surface area contributed by atoms with Gasteiger partial charge in [0.25, 0.3) is 0 Å². The van der Waals surface area contributed by atoms with Crippen LogP contribution in [0.3, 0.4) is 0 Å². The van der Waals surface area contributed by atoms with Gasteiger partial charge in [0.2, 0.25) is 0 Å². The van der Waals surface area contributed by atoms with Crippen molar-refractivity contribution < 1.29 is 34.0 Å². The summed E-state index contributed by atoms with van der Waals surface area (Å²) in [4.78, 5) is 8.53. The zero-order valence-electron chi connectivity index (χ0n) is 14.6. The Bertz CT molecular complexity index is 441. The minimum Gasteiger partial charge on any atom is -0.345 e. The second kappa shape index (κ2) is 12.3. The SMILES string of the molecule is C1CCC(C2CCCCC2)CC1.O=[P+](O)C(O)c1ccccc1.[Zn]. The first-order chi connectivity index (χ1) is 11.2. The third-order valence-corrected chi connectivity index (χ3v) is 5.99. The Morgan fingerprint density at radius 3 is 1.62 bits per heavy atom. The molecule has 0 aromatic heterocycles. The first-order valence-electron chi connectivity index (χ1n) is 9.06. The van der Waals surface area contributed by atoms with Crippen LogP contribution < -0.4 is 0 Å². The minimum atomic E-state index is -2.53. The maximum Gasteiger partial charge on any atom is 0.542 e. The van der Waals surface area contributed by atoms with E-state index in [1.165, 1.54) is 38.5 Å². The van der Waals surface area contributed by atoms with Gasteiger partial charge in [0.15, 0.2) is 0 Å². The van der Waals surface area contributed by atoms with Crippen molar-refractivity contribution in [2.75, 3.05) is 0 Å². The zero-order valence-corrected chi connectivity index (χ0v) is 18.5. The molecule has 0 bridgehead atoms. The Labute approximate surface area is 159 Å². The van der Waals surface area contributed by atoms with Crippen LogP contribution in [0.2, 0.25) is 0 Å². The monoisotopic (exact) mass is 401 g/mol. The van der Waals surface area contributed by atoms with Crippen LogP contribution in [0.4, 0.5) is 0 Å². The van der Waals surface area contributed by atoms with Gasteiger partial charge in [-0.15, -0.1) is 0 Å². The molecule has 0 spiro atoms. The summed E-state index contributed by atoms with van der Waals surface area (Å²) in [7, 11) is -2.53. The molecule has 0 aliphatic heterocycles. The fraction of sp³-hybridized carbons (Fsp3) is 0.684. The van der Waals surface area contributed by atoms with Crippen LogP contribution in [-0.2, 0) is 24.0 Å². The van der Waals surface area contributed by atoms with E-state index in [-0.39, 0.29) is 19.5 Å². The van der Waals surface area contributed by atoms with Crippen LogP contribution in [0.1, 0.15) is 75.6 Å². The smallest absolute Gasteiger partial charge is 0.345 e. The van der Waals surface area contributed by atoms with Crippen molar-refractivity contribution in [1.82, 2.24) is 0 Å². The second-order valence-electron chi connectivity index (χ2n) is 6.88. The Kier molecular flexibility index (Phi) is 11.2. The summed E-state index contributed by atoms with van der Waals surface area (Å²) in [5.74, 6) is 1.02. The molecule has 2 N–H and O–H groups in total. The fourth-order valence-electron chi connectivity index (χ4n) is 3.96. The van der Waals surface area contributed by atoms with E-state index >= 15 is 0 Å². The molecule has 5 heteroatoms. The largest absolute Gasteiger partial charge is 0.542 e. The van der Waals surface area contributed by atoms with Crippen LogP contribution in [0.15, 0.2) is 30.3 Å². The molecule has 2 aliphatic carbocycles. The summed E-state index contributed by atoms with van der Waals surface area (Å²) < 4.78 is 10.4. The van der Waals surface area contributed by atoms with Gasteiger partial charge in [0.05, 0.1) is 0 Å². The Balaban J connectivity index is 0.000000232. The van der Waals surface area contributed by atoms with Crippen molar-refractivity contribution in [2.24, 2.45) is 11.8 Å². The quantitative estimate of drug-likeness (QED) is 0.514. The number of rotatable bonds is 3. The van der Waals surface area contributed by atoms with Gasteiger partial charge in [-0.3, -0.25) is 0 Å². The van der Waals surface area contributed by atoms with E-state index < -0.39 is 13.9 Å². The van der Waals surface area contributed by atoms with Crippen molar-refractivity contribution >= 4 is 8.03 Å². The van der Waals surface area contributed by atoms with Crippen molar-refractivity contribution in [2.45, 2.75) is 70.1 Å². The van der Waals surface area contributed by atoms with E-state index in [1.807, 2.05) is 0 Å². The van der Waals surface area contributed by atoms with Crippen LogP contribution in [0.25, 0.3) is 0 Å². The van der Waals surface area contributed by atoms with Crippen molar-refractivity contribution in [3.8, 4) is 0 Å². The molecule has 24 heavy (non-hydrogen) atoms. The maximum absolute atomic E-state index is 10.4. The average Bonchev–Trinajstić information content (AvgIpc) is 2.64. The van der Waals surface area contributed by atoms with Gasteiger partial charge in [0.1, 0.15) is 0 Å². The molecule has 2 aliphatic rings. The molecular formula is C19H30O3PZn+. The van der Waals surface area contributed by atoms with E-state index in [0.29, 0.717) is 5.56 Å². The molecule has 1 aromatic rings. The van der Waals surface area contributed by atoms with E-state index in [1.54, 1.807) is 56.0 Å². The molecule has 2 saturated carbocycles. The molecule has 3 rings (SSSR count). The summed E-state index contributed by atoms with van der Waals surface area (Å²) >= 11 is 0. The summed E-state index contributed by atoms with van der Waals surface area (Å²) in [6.07, 6.45) is 15.4. The molecule has 130 valence electrons. The normalized spacial score (nSPS) is 21.0. The molecule has 0 radical (unpaired) electrons. The fourth-order valence-corrected chi connectivity index (χ4v) is 4.39. The topological polar surface area (TPSA) is 57.5 Å². The maximum atomic E-state index is 10.4. The first kappa shape index (κ1) is 21.9. The van der Waals surface area contributed by atoms with Gasteiger partial charge in [0, 0.05) is 25.0 Å². The zero-order chi connectivity index (χ0) is 16.5. The number of benzene rings is 1. The first-order valence-corrected chi connectivity index (χ1v) is 10.3. The predicted octanol–water partition coefficient (Wildman–Crippen LogP) is 5.56. The number of hydrogen-bond donors (Lipinski definition) is 2. The molecule has 3 nitrogen and oxygen atoms in total. The molecule has 0 saturated heterocycles. The van der Waals surface area contributed by atoms with Gasteiger partial charge in [-0.25, -0.2) is 0 Å². The molecule has 0 amide bonds. The number of aliphatic hydroxyl groups excluding tert-OH is 1. The standard InChI is InChI=1S/C12H22.C7H7O3P.Zn/c1-3-7-11(8-4-1)12-9-5-2-6-10-12;8-7(11(9)10)6-4-2-1-3-5-6;/h11-12H,1-10H2;1-5,7-8H;/p+1. The number of hydrogen-bond acceptors (Lipinski definition) is 2. The van der Waals surface area contributed by atoms with Gasteiger partial charge < -0.3 is 5.11 Å². The minimum absolute atomic E-state index is 0. The Morgan fingerprint density at radius 1 is 0.833 bits per heavy atom. The van der Waals surface area contributed by atoms with Gasteiger partial charge in [-0.05, 0) is 16.4 Å². The van der Waals surface area contributed by atoms with E-state index in [9.17, 15) is 4.57 Å². The van der Waals surface area contributed by atoms with E-state index in [2.05, 4.69) is 0 Å². The molecular weight excluding hydrogens is 373 g/mol. The van der Waals surface area contributed by atoms with Crippen LogP contribution >= 0.6 is 8.03 Å². The Hall–Kier alpha value is -0.137. The second-order valence-corrected chi connectivity index (χ2v) is 7.98. The molecule has 2 atom stereocenters.